The van der Waals surface area contributed by atoms with E-state index in [1.807, 2.05) is 17.1 Å². The van der Waals surface area contributed by atoms with Gasteiger partial charge in [-0.05, 0) is 12.8 Å². The summed E-state index contributed by atoms with van der Waals surface area (Å²) in [7, 11) is 1.70. The van der Waals surface area contributed by atoms with Crippen LogP contribution in [0.1, 0.15) is 38.5 Å². The van der Waals surface area contributed by atoms with Crippen LogP contribution in [0.3, 0.4) is 0 Å². The lowest BCUT2D eigenvalue weighted by Crippen LogP contribution is -2.45. The molecule has 27 heavy (non-hydrogen) atoms. The number of aryl methyl sites for hydroxylation is 1. The molecule has 2 amide bonds. The summed E-state index contributed by atoms with van der Waals surface area (Å²) in [6, 6.07) is 0.184. The van der Waals surface area contributed by atoms with Gasteiger partial charge in [-0.2, -0.15) is 0 Å². The van der Waals surface area contributed by atoms with E-state index in [0.29, 0.717) is 18.3 Å². The average molecular weight is 374 g/mol. The van der Waals surface area contributed by atoms with Crippen LogP contribution in [-0.4, -0.2) is 63.2 Å². The van der Waals surface area contributed by atoms with Crippen molar-refractivity contribution in [3.63, 3.8) is 0 Å². The molecule has 2 bridgehead atoms. The maximum Gasteiger partial charge on any atom is 0.235 e. The Hall–Kier alpha value is -2.22. The minimum Gasteiger partial charge on any atom is -0.424 e. The number of amides is 2. The van der Waals surface area contributed by atoms with E-state index in [4.69, 9.17) is 9.15 Å². The molecule has 3 aliphatic rings. The van der Waals surface area contributed by atoms with E-state index in [-0.39, 0.29) is 30.5 Å². The van der Waals surface area contributed by atoms with Gasteiger partial charge in [0, 0.05) is 20.0 Å². The molecule has 0 unspecified atom stereocenters. The minimum atomic E-state index is -0.660. The third-order valence-corrected chi connectivity index (χ3v) is 6.11. The predicted molar refractivity (Wildman–Crippen MR) is 95.3 cm³/mol. The second kappa shape index (κ2) is 6.44. The van der Waals surface area contributed by atoms with Crippen molar-refractivity contribution in [1.82, 2.24) is 20.0 Å². The molecular formula is C19H26N4O4. The summed E-state index contributed by atoms with van der Waals surface area (Å²) in [4.78, 5) is 29.9. The van der Waals surface area contributed by atoms with Crippen LogP contribution in [0, 0.1) is 18.8 Å². The fourth-order valence-electron chi connectivity index (χ4n) is 4.79. The third-order valence-electron chi connectivity index (χ3n) is 6.11. The molecule has 0 saturated carbocycles. The zero-order valence-electron chi connectivity index (χ0n) is 16.2. The lowest BCUT2D eigenvalue weighted by Gasteiger charge is -2.29. The Bertz CT molecular complexity index is 786. The quantitative estimate of drug-likeness (QED) is 0.698. The number of nitrogens with zero attached hydrogens (tertiary/aromatic N) is 4. The fourth-order valence-corrected chi connectivity index (χ4v) is 4.79. The van der Waals surface area contributed by atoms with E-state index in [9.17, 15) is 9.59 Å². The maximum atomic E-state index is 13.2. The Morgan fingerprint density at radius 1 is 1.41 bits per heavy atom. The summed E-state index contributed by atoms with van der Waals surface area (Å²) in [5.74, 6) is -0.192. The van der Waals surface area contributed by atoms with E-state index >= 15 is 0 Å². The molecule has 4 rings (SSSR count). The van der Waals surface area contributed by atoms with Gasteiger partial charge in [-0.15, -0.1) is 10.2 Å². The van der Waals surface area contributed by atoms with E-state index in [2.05, 4.69) is 24.0 Å². The van der Waals surface area contributed by atoms with Gasteiger partial charge < -0.3 is 19.0 Å². The molecule has 0 aliphatic carbocycles. The molecule has 1 aromatic rings. The van der Waals surface area contributed by atoms with Crippen LogP contribution in [0.25, 0.3) is 0 Å². The first-order valence-electron chi connectivity index (χ1n) is 9.61. The van der Waals surface area contributed by atoms with Crippen molar-refractivity contribution >= 4 is 11.8 Å². The summed E-state index contributed by atoms with van der Waals surface area (Å²) < 4.78 is 11.6. The maximum absolute atomic E-state index is 13.2. The van der Waals surface area contributed by atoms with Crippen molar-refractivity contribution in [2.45, 2.75) is 57.9 Å². The first-order valence-corrected chi connectivity index (χ1v) is 9.61. The van der Waals surface area contributed by atoms with Gasteiger partial charge >= 0.3 is 0 Å². The van der Waals surface area contributed by atoms with Crippen molar-refractivity contribution in [1.29, 1.82) is 0 Å². The summed E-state index contributed by atoms with van der Waals surface area (Å²) in [6.45, 7) is 6.64. The first-order chi connectivity index (χ1) is 12.9. The smallest absolute Gasteiger partial charge is 0.235 e. The molecule has 3 aliphatic heterocycles. The SMILES string of the molecule is CCC(CC)N1C[C@]23C=C[C@H](O2)[C@@H](C(=O)N(C)Cc2nnc(C)o2)[C@@H]3C1=O. The molecule has 4 heterocycles. The van der Waals surface area contributed by atoms with Gasteiger partial charge in [0.15, 0.2) is 0 Å². The molecule has 2 fully saturated rings. The highest BCUT2D eigenvalue weighted by Crippen LogP contribution is 2.52. The highest BCUT2D eigenvalue weighted by molar-refractivity contribution is 5.93. The second-order valence-electron chi connectivity index (χ2n) is 7.75. The van der Waals surface area contributed by atoms with Crippen molar-refractivity contribution in [2.24, 2.45) is 11.8 Å². The molecule has 0 aromatic carbocycles. The third kappa shape index (κ3) is 2.69. The van der Waals surface area contributed by atoms with E-state index in [0.717, 1.165) is 12.8 Å². The van der Waals surface area contributed by atoms with Crippen LogP contribution >= 0.6 is 0 Å². The number of carbonyl (C=O) groups excluding carboxylic acids is 2. The Balaban J connectivity index is 1.56. The Morgan fingerprint density at radius 3 is 2.78 bits per heavy atom. The zero-order chi connectivity index (χ0) is 19.3. The second-order valence-corrected chi connectivity index (χ2v) is 7.75. The van der Waals surface area contributed by atoms with Gasteiger partial charge in [-0.25, -0.2) is 0 Å². The number of hydrogen-bond donors (Lipinski definition) is 0. The average Bonchev–Trinajstić information content (AvgIpc) is 3.38. The zero-order valence-corrected chi connectivity index (χ0v) is 16.2. The Labute approximate surface area is 158 Å². The molecule has 1 aromatic heterocycles. The van der Waals surface area contributed by atoms with Crippen LogP contribution in [0.15, 0.2) is 16.6 Å². The number of hydrogen-bond acceptors (Lipinski definition) is 6. The largest absolute Gasteiger partial charge is 0.424 e. The van der Waals surface area contributed by atoms with Gasteiger partial charge in [-0.3, -0.25) is 9.59 Å². The van der Waals surface area contributed by atoms with Gasteiger partial charge in [0.1, 0.15) is 5.60 Å². The lowest BCUT2D eigenvalue weighted by molar-refractivity contribution is -0.143. The van der Waals surface area contributed by atoms with E-state index < -0.39 is 17.4 Å². The molecule has 1 spiro atoms. The lowest BCUT2D eigenvalue weighted by atomic mass is 9.76. The van der Waals surface area contributed by atoms with Crippen molar-refractivity contribution in [3.05, 3.63) is 23.9 Å². The number of aromatic nitrogens is 2. The standard InChI is InChI=1S/C19H26N4O4/c1-5-12(6-2)23-10-19-8-7-13(27-19)15(16(19)18(23)25)17(24)22(4)9-14-21-20-11(3)26-14/h7-8,12-13,15-16H,5-6,9-10H2,1-4H3/t13-,15+,16+,19-/m0/s1. The van der Waals surface area contributed by atoms with E-state index in [1.54, 1.807) is 18.9 Å². The number of ether oxygens (including phenoxy) is 1. The van der Waals surface area contributed by atoms with E-state index in [1.165, 1.54) is 0 Å². The molecule has 2 saturated heterocycles. The molecule has 0 N–H and O–H groups in total. The van der Waals surface area contributed by atoms with Gasteiger partial charge in [-0.1, -0.05) is 26.0 Å². The first kappa shape index (κ1) is 18.2. The fraction of sp³-hybridized carbons (Fsp3) is 0.684. The van der Waals surface area contributed by atoms with Gasteiger partial charge in [0.05, 0.1) is 31.0 Å². The Kier molecular flexibility index (Phi) is 4.33. The highest BCUT2D eigenvalue weighted by Gasteiger charge is 2.67. The van der Waals surface area contributed by atoms with Crippen LogP contribution in [0.5, 0.6) is 0 Å². The number of likely N-dealkylation sites (tertiary alicyclic amines) is 1. The minimum absolute atomic E-state index is 0.0379. The number of fused-ring (bicyclic) bond motifs is 1. The topological polar surface area (TPSA) is 88.8 Å². The van der Waals surface area contributed by atoms with Gasteiger partial charge in [0.25, 0.3) is 0 Å². The van der Waals surface area contributed by atoms with Crippen LogP contribution in [0.2, 0.25) is 0 Å². The van der Waals surface area contributed by atoms with Gasteiger partial charge in [0.2, 0.25) is 23.6 Å². The van der Waals surface area contributed by atoms with Crippen molar-refractivity contribution < 1.29 is 18.7 Å². The van der Waals surface area contributed by atoms with Crippen LogP contribution in [0.4, 0.5) is 0 Å². The summed E-state index contributed by atoms with van der Waals surface area (Å²) in [5.41, 5.74) is -0.660. The Morgan fingerprint density at radius 2 is 2.15 bits per heavy atom. The molecule has 0 radical (unpaired) electrons. The monoisotopic (exact) mass is 374 g/mol. The van der Waals surface area contributed by atoms with Crippen LogP contribution in [-0.2, 0) is 20.9 Å². The van der Waals surface area contributed by atoms with Crippen molar-refractivity contribution in [3.8, 4) is 0 Å². The number of carbonyl (C=O) groups is 2. The summed E-state index contributed by atoms with van der Waals surface area (Å²) in [6.07, 6.45) is 5.38. The molecular weight excluding hydrogens is 348 g/mol. The molecule has 8 heteroatoms. The predicted octanol–water partition coefficient (Wildman–Crippen LogP) is 1.31. The summed E-state index contributed by atoms with van der Waals surface area (Å²) >= 11 is 0. The van der Waals surface area contributed by atoms with Crippen molar-refractivity contribution in [2.75, 3.05) is 13.6 Å². The molecule has 4 atom stereocenters. The summed E-state index contributed by atoms with van der Waals surface area (Å²) in [5, 5.41) is 7.75. The number of rotatable bonds is 6. The highest BCUT2D eigenvalue weighted by atomic mass is 16.5. The molecule has 146 valence electrons. The van der Waals surface area contributed by atoms with Crippen LogP contribution < -0.4 is 0 Å². The molecule has 8 nitrogen and oxygen atoms in total. The normalized spacial score (nSPS) is 31.2.